The van der Waals surface area contributed by atoms with Crippen molar-refractivity contribution in [2.45, 2.75) is 70.4 Å². The van der Waals surface area contributed by atoms with Crippen LogP contribution < -0.4 is 10.6 Å². The van der Waals surface area contributed by atoms with Gasteiger partial charge in [0.2, 0.25) is 0 Å². The standard InChI is InChI=1S/C23H44N2O3Si.ClH/c1-26-29(27-2,28-3)21-15-20-24-18-13-8-6-4-5-7-9-14-19-25-22-23-16-11-10-12-17-23;/h10-12,16-17,24-25H,4-9,13-15,18-22H2,1-3H3;1H. The Hall–Kier alpha value is -0.473. The highest BCUT2D eigenvalue weighted by atomic mass is 35.5. The van der Waals surface area contributed by atoms with Crippen LogP contribution in [0.2, 0.25) is 6.04 Å². The lowest BCUT2D eigenvalue weighted by atomic mass is 10.1. The van der Waals surface area contributed by atoms with Gasteiger partial charge in [0, 0.05) is 33.9 Å². The molecule has 2 N–H and O–H groups in total. The molecule has 1 rings (SSSR count). The molecule has 0 spiro atoms. The molecule has 0 radical (unpaired) electrons. The molecule has 0 aliphatic rings. The lowest BCUT2D eigenvalue weighted by Crippen LogP contribution is -2.43. The van der Waals surface area contributed by atoms with E-state index >= 15 is 0 Å². The largest absolute Gasteiger partial charge is 0.500 e. The normalized spacial score (nSPS) is 11.4. The first-order chi connectivity index (χ1) is 14.3. The molecule has 1 aromatic rings. The summed E-state index contributed by atoms with van der Waals surface area (Å²) >= 11 is 0. The molecular formula is C23H45ClN2O3Si. The maximum absolute atomic E-state index is 5.44. The molecule has 0 bridgehead atoms. The molecule has 0 unspecified atom stereocenters. The molecule has 0 aromatic heterocycles. The molecule has 0 heterocycles. The topological polar surface area (TPSA) is 51.8 Å². The van der Waals surface area contributed by atoms with Crippen LogP contribution in [-0.4, -0.2) is 49.8 Å². The first-order valence-corrected chi connectivity index (χ1v) is 13.3. The van der Waals surface area contributed by atoms with Crippen LogP contribution in [0.3, 0.4) is 0 Å². The van der Waals surface area contributed by atoms with Gasteiger partial charge in [0.15, 0.2) is 0 Å². The molecule has 0 amide bonds. The summed E-state index contributed by atoms with van der Waals surface area (Å²) in [6.45, 7) is 4.23. The van der Waals surface area contributed by atoms with Crippen molar-refractivity contribution in [1.29, 1.82) is 0 Å². The Labute approximate surface area is 192 Å². The van der Waals surface area contributed by atoms with Gasteiger partial charge in [0.25, 0.3) is 0 Å². The molecule has 0 aliphatic carbocycles. The van der Waals surface area contributed by atoms with Crippen molar-refractivity contribution in [3.63, 3.8) is 0 Å². The van der Waals surface area contributed by atoms with Crippen LogP contribution >= 0.6 is 12.4 Å². The molecule has 30 heavy (non-hydrogen) atoms. The van der Waals surface area contributed by atoms with Crippen molar-refractivity contribution in [2.75, 3.05) is 41.0 Å². The first-order valence-electron chi connectivity index (χ1n) is 11.4. The Morgan fingerprint density at radius 1 is 0.633 bits per heavy atom. The van der Waals surface area contributed by atoms with E-state index in [0.29, 0.717) is 0 Å². The van der Waals surface area contributed by atoms with E-state index in [1.165, 1.54) is 56.9 Å². The van der Waals surface area contributed by atoms with E-state index in [4.69, 9.17) is 13.3 Å². The average molecular weight is 461 g/mol. The third kappa shape index (κ3) is 14.5. The van der Waals surface area contributed by atoms with Crippen LogP contribution in [0, 0.1) is 0 Å². The van der Waals surface area contributed by atoms with Crippen LogP contribution in [0.1, 0.15) is 63.4 Å². The third-order valence-electron chi connectivity index (χ3n) is 5.40. The zero-order valence-corrected chi connectivity index (χ0v) is 21.2. The van der Waals surface area contributed by atoms with E-state index in [1.54, 1.807) is 21.3 Å². The maximum Gasteiger partial charge on any atom is 0.500 e. The van der Waals surface area contributed by atoms with Crippen LogP contribution in [-0.2, 0) is 19.8 Å². The van der Waals surface area contributed by atoms with Crippen molar-refractivity contribution in [2.24, 2.45) is 0 Å². The fourth-order valence-corrected chi connectivity index (χ4v) is 5.22. The van der Waals surface area contributed by atoms with Gasteiger partial charge in [-0.2, -0.15) is 0 Å². The van der Waals surface area contributed by atoms with Crippen molar-refractivity contribution in [3.8, 4) is 0 Å². The molecular weight excluding hydrogens is 416 g/mol. The van der Waals surface area contributed by atoms with Crippen LogP contribution in [0.25, 0.3) is 0 Å². The summed E-state index contributed by atoms with van der Waals surface area (Å²) < 4.78 is 16.3. The average Bonchev–Trinajstić information content (AvgIpc) is 2.77. The third-order valence-corrected chi connectivity index (χ3v) is 8.23. The summed E-state index contributed by atoms with van der Waals surface area (Å²) in [5, 5.41) is 7.06. The SMILES string of the molecule is CO[Si](CCCNCCCCCCCCCCNCc1ccccc1)(OC)OC.Cl. The van der Waals surface area contributed by atoms with E-state index in [-0.39, 0.29) is 12.4 Å². The van der Waals surface area contributed by atoms with Crippen LogP contribution in [0.5, 0.6) is 0 Å². The van der Waals surface area contributed by atoms with Gasteiger partial charge in [0.05, 0.1) is 0 Å². The summed E-state index contributed by atoms with van der Waals surface area (Å²) in [4.78, 5) is 0. The molecule has 1 aromatic carbocycles. The van der Waals surface area contributed by atoms with E-state index < -0.39 is 8.80 Å². The number of nitrogens with one attached hydrogen (secondary N) is 2. The molecule has 0 aliphatic heterocycles. The minimum absolute atomic E-state index is 0. The Morgan fingerprint density at radius 2 is 1.10 bits per heavy atom. The zero-order chi connectivity index (χ0) is 21.0. The Bertz CT molecular complexity index is 471. The summed E-state index contributed by atoms with van der Waals surface area (Å²) in [6.07, 6.45) is 11.8. The predicted octanol–water partition coefficient (Wildman–Crippen LogP) is 5.18. The number of halogens is 1. The molecule has 0 fully saturated rings. The highest BCUT2D eigenvalue weighted by molar-refractivity contribution is 6.60. The highest BCUT2D eigenvalue weighted by Gasteiger charge is 2.36. The quantitative estimate of drug-likeness (QED) is 0.207. The van der Waals surface area contributed by atoms with Crippen LogP contribution in [0.4, 0.5) is 0 Å². The molecule has 0 saturated heterocycles. The van der Waals surface area contributed by atoms with Gasteiger partial charge in [-0.25, -0.2) is 0 Å². The predicted molar refractivity (Wildman–Crippen MR) is 131 cm³/mol. The molecule has 0 saturated carbocycles. The molecule has 7 heteroatoms. The highest BCUT2D eigenvalue weighted by Crippen LogP contribution is 2.14. The number of hydrogen-bond acceptors (Lipinski definition) is 5. The summed E-state index contributed by atoms with van der Waals surface area (Å²) in [6, 6.07) is 11.5. The van der Waals surface area contributed by atoms with E-state index in [1.807, 2.05) is 0 Å². The number of rotatable bonds is 20. The van der Waals surface area contributed by atoms with Gasteiger partial charge >= 0.3 is 8.80 Å². The summed E-state index contributed by atoms with van der Waals surface area (Å²) in [5.74, 6) is 0. The van der Waals surface area contributed by atoms with Gasteiger partial charge in [-0.05, 0) is 44.5 Å². The van der Waals surface area contributed by atoms with E-state index in [0.717, 1.165) is 38.6 Å². The fraction of sp³-hybridized carbons (Fsp3) is 0.739. The Balaban J connectivity index is 0.00000841. The van der Waals surface area contributed by atoms with E-state index in [2.05, 4.69) is 41.0 Å². The summed E-state index contributed by atoms with van der Waals surface area (Å²) in [7, 11) is 2.65. The van der Waals surface area contributed by atoms with Gasteiger partial charge in [-0.3, -0.25) is 0 Å². The maximum atomic E-state index is 5.44. The fourth-order valence-electron chi connectivity index (χ4n) is 3.50. The molecule has 5 nitrogen and oxygen atoms in total. The molecule has 176 valence electrons. The smallest absolute Gasteiger partial charge is 0.377 e. The number of unbranched alkanes of at least 4 members (excludes halogenated alkanes) is 7. The lowest BCUT2D eigenvalue weighted by molar-refractivity contribution is 0.123. The minimum Gasteiger partial charge on any atom is -0.377 e. The monoisotopic (exact) mass is 460 g/mol. The van der Waals surface area contributed by atoms with Crippen LogP contribution in [0.15, 0.2) is 30.3 Å². The van der Waals surface area contributed by atoms with Gasteiger partial charge in [-0.15, -0.1) is 12.4 Å². The molecule has 0 atom stereocenters. The second-order valence-corrected chi connectivity index (χ2v) is 10.7. The Kier molecular flexibility index (Phi) is 20.1. The number of hydrogen-bond donors (Lipinski definition) is 2. The zero-order valence-electron chi connectivity index (χ0n) is 19.4. The first kappa shape index (κ1) is 29.5. The van der Waals surface area contributed by atoms with Crippen molar-refractivity contribution in [1.82, 2.24) is 10.6 Å². The van der Waals surface area contributed by atoms with Crippen molar-refractivity contribution < 1.29 is 13.3 Å². The lowest BCUT2D eigenvalue weighted by Gasteiger charge is -2.24. The van der Waals surface area contributed by atoms with Crippen molar-refractivity contribution in [3.05, 3.63) is 35.9 Å². The van der Waals surface area contributed by atoms with Crippen molar-refractivity contribution >= 4 is 21.2 Å². The van der Waals surface area contributed by atoms with Gasteiger partial charge in [0.1, 0.15) is 0 Å². The Morgan fingerprint density at radius 3 is 1.63 bits per heavy atom. The van der Waals surface area contributed by atoms with E-state index in [9.17, 15) is 0 Å². The second-order valence-electron chi connectivity index (χ2n) is 7.64. The van der Waals surface area contributed by atoms with Gasteiger partial charge < -0.3 is 23.9 Å². The number of benzene rings is 1. The minimum atomic E-state index is -2.38. The van der Waals surface area contributed by atoms with Gasteiger partial charge in [-0.1, -0.05) is 68.9 Å². The second kappa shape index (κ2) is 20.4. The summed E-state index contributed by atoms with van der Waals surface area (Å²) in [5.41, 5.74) is 1.37.